The number of amides is 1. The quantitative estimate of drug-likeness (QED) is 0.765. The topological polar surface area (TPSA) is 66.0 Å². The van der Waals surface area contributed by atoms with Gasteiger partial charge in [-0.2, -0.15) is 0 Å². The van der Waals surface area contributed by atoms with Crippen LogP contribution in [0.5, 0.6) is 23.0 Å². The van der Waals surface area contributed by atoms with Crippen LogP contribution < -0.4 is 24.3 Å². The highest BCUT2D eigenvalue weighted by Crippen LogP contribution is 2.37. The fourth-order valence-corrected chi connectivity index (χ4v) is 2.99. The molecule has 0 saturated heterocycles. The van der Waals surface area contributed by atoms with Crippen LogP contribution in [0.25, 0.3) is 6.08 Å². The summed E-state index contributed by atoms with van der Waals surface area (Å²) in [6.45, 7) is 0.195. The van der Waals surface area contributed by atoms with Gasteiger partial charge < -0.3 is 24.3 Å². The fraction of sp³-hybridized carbons (Fsp3) is 0.167. The summed E-state index contributed by atoms with van der Waals surface area (Å²) in [6, 6.07) is 8.86. The van der Waals surface area contributed by atoms with Crippen LogP contribution in [0.2, 0.25) is 0 Å². The van der Waals surface area contributed by atoms with Gasteiger partial charge in [-0.25, -0.2) is 0 Å². The van der Waals surface area contributed by atoms with E-state index < -0.39 is 0 Å². The summed E-state index contributed by atoms with van der Waals surface area (Å²) in [5.41, 5.74) is 1.43. The summed E-state index contributed by atoms with van der Waals surface area (Å²) < 4.78 is 21.8. The molecule has 1 N–H and O–H groups in total. The molecule has 25 heavy (non-hydrogen) atoms. The molecular formula is C18H16BrNO5. The smallest absolute Gasteiger partial charge is 0.248 e. The largest absolute Gasteiger partial charge is 0.493 e. The Morgan fingerprint density at radius 3 is 2.72 bits per heavy atom. The zero-order valence-corrected chi connectivity index (χ0v) is 15.3. The van der Waals surface area contributed by atoms with Crippen molar-refractivity contribution in [3.05, 3.63) is 46.4 Å². The van der Waals surface area contributed by atoms with Crippen molar-refractivity contribution < 1.29 is 23.7 Å². The van der Waals surface area contributed by atoms with E-state index in [0.717, 1.165) is 10.0 Å². The maximum Gasteiger partial charge on any atom is 0.248 e. The standard InChI is InChI=1S/C18H16BrNO5/c1-22-16-8-11(7-13(19)18(16)23-2)3-6-17(21)20-12-4-5-14-15(9-12)25-10-24-14/h3-9H,10H2,1-2H3,(H,20,21)/b6-3+. The molecule has 0 saturated carbocycles. The number of carbonyl (C=O) groups excluding carboxylic acids is 1. The summed E-state index contributed by atoms with van der Waals surface area (Å²) in [6.07, 6.45) is 3.13. The second-order valence-electron chi connectivity index (χ2n) is 5.13. The molecule has 0 spiro atoms. The Hall–Kier alpha value is -2.67. The first kappa shape index (κ1) is 17.2. The summed E-state index contributed by atoms with van der Waals surface area (Å²) in [5, 5.41) is 2.78. The number of fused-ring (bicyclic) bond motifs is 1. The molecule has 2 aromatic carbocycles. The van der Waals surface area contributed by atoms with E-state index in [4.69, 9.17) is 18.9 Å². The Bertz CT molecular complexity index is 834. The second-order valence-corrected chi connectivity index (χ2v) is 5.98. The minimum atomic E-state index is -0.259. The molecule has 1 amide bonds. The molecular weight excluding hydrogens is 390 g/mol. The predicted octanol–water partition coefficient (Wildman–Crippen LogP) is 3.85. The van der Waals surface area contributed by atoms with Crippen molar-refractivity contribution in [1.29, 1.82) is 0 Å². The number of halogens is 1. The first-order chi connectivity index (χ1) is 12.1. The SMILES string of the molecule is COc1cc(/C=C/C(=O)Nc2ccc3c(c2)OCO3)cc(Br)c1OC. The highest BCUT2D eigenvalue weighted by molar-refractivity contribution is 9.10. The van der Waals surface area contributed by atoms with Crippen LogP contribution in [-0.4, -0.2) is 26.9 Å². The molecule has 6 nitrogen and oxygen atoms in total. The van der Waals surface area contributed by atoms with E-state index in [9.17, 15) is 4.79 Å². The van der Waals surface area contributed by atoms with Gasteiger partial charge in [-0.3, -0.25) is 4.79 Å². The third-order valence-corrected chi connectivity index (χ3v) is 4.11. The highest BCUT2D eigenvalue weighted by atomic mass is 79.9. The Balaban J connectivity index is 1.71. The van der Waals surface area contributed by atoms with Crippen molar-refractivity contribution in [2.75, 3.05) is 26.3 Å². The lowest BCUT2D eigenvalue weighted by Gasteiger charge is -2.10. The van der Waals surface area contributed by atoms with E-state index in [-0.39, 0.29) is 12.7 Å². The molecule has 1 aliphatic rings. The zero-order valence-electron chi connectivity index (χ0n) is 13.7. The zero-order chi connectivity index (χ0) is 17.8. The third kappa shape index (κ3) is 3.88. The van der Waals surface area contributed by atoms with Gasteiger partial charge in [0, 0.05) is 17.8 Å². The minimum Gasteiger partial charge on any atom is -0.493 e. The van der Waals surface area contributed by atoms with Crippen LogP contribution in [0, 0.1) is 0 Å². The van der Waals surface area contributed by atoms with Crippen molar-refractivity contribution in [3.8, 4) is 23.0 Å². The Labute approximate surface area is 153 Å². The number of rotatable bonds is 5. The van der Waals surface area contributed by atoms with Crippen molar-refractivity contribution in [3.63, 3.8) is 0 Å². The number of hydrogen-bond donors (Lipinski definition) is 1. The van der Waals surface area contributed by atoms with Crippen molar-refractivity contribution in [1.82, 2.24) is 0 Å². The van der Waals surface area contributed by atoms with Crippen LogP contribution in [0.1, 0.15) is 5.56 Å². The van der Waals surface area contributed by atoms with Gasteiger partial charge in [-0.05, 0) is 51.8 Å². The van der Waals surface area contributed by atoms with Gasteiger partial charge in [0.15, 0.2) is 23.0 Å². The molecule has 0 aromatic heterocycles. The number of benzene rings is 2. The number of anilines is 1. The first-order valence-corrected chi connectivity index (χ1v) is 8.20. The van der Waals surface area contributed by atoms with Crippen molar-refractivity contribution in [2.24, 2.45) is 0 Å². The molecule has 0 atom stereocenters. The van der Waals surface area contributed by atoms with E-state index >= 15 is 0 Å². The van der Waals surface area contributed by atoms with Crippen molar-refractivity contribution in [2.45, 2.75) is 0 Å². The molecule has 3 rings (SSSR count). The average Bonchev–Trinajstić information content (AvgIpc) is 3.07. The Morgan fingerprint density at radius 1 is 1.16 bits per heavy atom. The van der Waals surface area contributed by atoms with Gasteiger partial charge in [0.25, 0.3) is 0 Å². The van der Waals surface area contributed by atoms with Crippen molar-refractivity contribution >= 4 is 33.6 Å². The number of nitrogens with one attached hydrogen (secondary N) is 1. The second kappa shape index (κ2) is 7.48. The third-order valence-electron chi connectivity index (χ3n) is 3.52. The number of methoxy groups -OCH3 is 2. The summed E-state index contributed by atoms with van der Waals surface area (Å²) in [4.78, 5) is 12.1. The molecule has 1 heterocycles. The number of carbonyl (C=O) groups is 1. The lowest BCUT2D eigenvalue weighted by molar-refractivity contribution is -0.111. The van der Waals surface area contributed by atoms with Gasteiger partial charge in [0.1, 0.15) is 0 Å². The molecule has 2 aromatic rings. The lowest BCUT2D eigenvalue weighted by Crippen LogP contribution is -2.07. The number of hydrogen-bond acceptors (Lipinski definition) is 5. The van der Waals surface area contributed by atoms with Crippen LogP contribution in [0.4, 0.5) is 5.69 Å². The van der Waals surface area contributed by atoms with Crippen LogP contribution >= 0.6 is 15.9 Å². The van der Waals surface area contributed by atoms with Gasteiger partial charge in [-0.15, -0.1) is 0 Å². The number of ether oxygens (including phenoxy) is 4. The molecule has 0 unspecified atom stereocenters. The molecule has 130 valence electrons. The van der Waals surface area contributed by atoms with E-state index in [2.05, 4.69) is 21.2 Å². The molecule has 0 radical (unpaired) electrons. The normalized spacial score (nSPS) is 12.3. The lowest BCUT2D eigenvalue weighted by atomic mass is 10.2. The van der Waals surface area contributed by atoms with Crippen LogP contribution in [0.15, 0.2) is 40.9 Å². The molecule has 1 aliphatic heterocycles. The first-order valence-electron chi connectivity index (χ1n) is 7.41. The molecule has 7 heteroatoms. The monoisotopic (exact) mass is 405 g/mol. The summed E-state index contributed by atoms with van der Waals surface area (Å²) in [7, 11) is 3.13. The van der Waals surface area contributed by atoms with Gasteiger partial charge in [0.2, 0.25) is 12.7 Å². The predicted molar refractivity (Wildman–Crippen MR) is 97.5 cm³/mol. The highest BCUT2D eigenvalue weighted by Gasteiger charge is 2.14. The van der Waals surface area contributed by atoms with Gasteiger partial charge in [0.05, 0.1) is 18.7 Å². The van der Waals surface area contributed by atoms with Gasteiger partial charge >= 0.3 is 0 Å². The maximum atomic E-state index is 12.1. The minimum absolute atomic E-state index is 0.195. The molecule has 0 fully saturated rings. The summed E-state index contributed by atoms with van der Waals surface area (Å²) in [5.74, 6) is 2.20. The fourth-order valence-electron chi connectivity index (χ4n) is 2.36. The summed E-state index contributed by atoms with van der Waals surface area (Å²) >= 11 is 3.42. The van der Waals surface area contributed by atoms with Gasteiger partial charge in [-0.1, -0.05) is 0 Å². The van der Waals surface area contributed by atoms with E-state index in [1.807, 2.05) is 6.07 Å². The van der Waals surface area contributed by atoms with Crippen LogP contribution in [0.3, 0.4) is 0 Å². The Kier molecular flexibility index (Phi) is 5.14. The van der Waals surface area contributed by atoms with E-state index in [1.54, 1.807) is 44.6 Å². The van der Waals surface area contributed by atoms with E-state index in [0.29, 0.717) is 28.7 Å². The average molecular weight is 406 g/mol. The van der Waals surface area contributed by atoms with E-state index in [1.165, 1.54) is 6.08 Å². The van der Waals surface area contributed by atoms with Crippen LogP contribution in [-0.2, 0) is 4.79 Å². The maximum absolute atomic E-state index is 12.1. The molecule has 0 aliphatic carbocycles. The Morgan fingerprint density at radius 2 is 1.96 bits per heavy atom. The molecule has 0 bridgehead atoms.